The van der Waals surface area contributed by atoms with E-state index in [2.05, 4.69) is 15.6 Å². The largest absolute Gasteiger partial charge is 0.482 e. The van der Waals surface area contributed by atoms with Gasteiger partial charge in [0.05, 0.1) is 25.7 Å². The zero-order chi connectivity index (χ0) is 24.9. The van der Waals surface area contributed by atoms with Gasteiger partial charge < -0.3 is 15.4 Å². The van der Waals surface area contributed by atoms with E-state index < -0.39 is 0 Å². The van der Waals surface area contributed by atoms with E-state index in [9.17, 15) is 9.59 Å². The number of amidine groups is 1. The number of nitrogens with zero attached hydrogens (tertiary/aromatic N) is 1. The van der Waals surface area contributed by atoms with Crippen molar-refractivity contribution < 1.29 is 14.3 Å². The van der Waals surface area contributed by atoms with Crippen LogP contribution < -0.4 is 15.4 Å². The topological polar surface area (TPSA) is 79.8 Å². The fourth-order valence-electron chi connectivity index (χ4n) is 3.01. The molecule has 35 heavy (non-hydrogen) atoms. The number of rotatable bonds is 6. The van der Waals surface area contributed by atoms with Gasteiger partial charge in [0.1, 0.15) is 5.75 Å². The lowest BCUT2D eigenvalue weighted by molar-refractivity contribution is -0.118. The molecule has 2 N–H and O–H groups in total. The van der Waals surface area contributed by atoms with E-state index in [1.807, 2.05) is 31.2 Å². The molecule has 0 bridgehead atoms. The third-order valence-corrected chi connectivity index (χ3v) is 6.68. The lowest BCUT2D eigenvalue weighted by Crippen LogP contribution is -2.20. The number of halogens is 3. The van der Waals surface area contributed by atoms with Gasteiger partial charge in [0, 0.05) is 5.69 Å². The van der Waals surface area contributed by atoms with E-state index >= 15 is 0 Å². The van der Waals surface area contributed by atoms with Crippen LogP contribution in [0.25, 0.3) is 6.08 Å². The number of hydrogen-bond donors (Lipinski definition) is 2. The molecule has 0 aromatic heterocycles. The summed E-state index contributed by atoms with van der Waals surface area (Å²) in [5.41, 5.74) is 3.09. The number of benzene rings is 3. The third-order valence-electron chi connectivity index (χ3n) is 4.73. The molecule has 1 aliphatic rings. The van der Waals surface area contributed by atoms with Crippen LogP contribution in [0.2, 0.25) is 15.1 Å². The second-order valence-corrected chi connectivity index (χ2v) is 9.73. The SMILES string of the molecule is Cc1ccc(N=C2NC(=O)/C(=C\c3ccc(OCC(=O)Nc4ccc(Cl)c(Cl)c4)c(Cl)c3)S2)cc1. The van der Waals surface area contributed by atoms with Crippen molar-refractivity contribution in [2.45, 2.75) is 6.92 Å². The molecule has 10 heteroatoms. The molecule has 0 spiro atoms. The average Bonchev–Trinajstić information content (AvgIpc) is 3.15. The van der Waals surface area contributed by atoms with Crippen LogP contribution in [0.5, 0.6) is 5.75 Å². The van der Waals surface area contributed by atoms with E-state index in [0.29, 0.717) is 42.1 Å². The molecule has 3 aromatic carbocycles. The predicted molar refractivity (Wildman–Crippen MR) is 144 cm³/mol. The van der Waals surface area contributed by atoms with Gasteiger partial charge in [-0.1, -0.05) is 58.6 Å². The minimum atomic E-state index is -0.384. The highest BCUT2D eigenvalue weighted by Gasteiger charge is 2.24. The summed E-state index contributed by atoms with van der Waals surface area (Å²) in [6.45, 7) is 1.75. The molecule has 1 heterocycles. The summed E-state index contributed by atoms with van der Waals surface area (Å²) in [6.07, 6.45) is 1.71. The third kappa shape index (κ3) is 6.80. The Labute approximate surface area is 221 Å². The maximum atomic E-state index is 12.4. The van der Waals surface area contributed by atoms with Crippen LogP contribution in [0, 0.1) is 6.92 Å². The number of thioether (sulfide) groups is 1. The van der Waals surface area contributed by atoms with Gasteiger partial charge in [0.15, 0.2) is 11.8 Å². The minimum absolute atomic E-state index is 0.240. The first-order valence-corrected chi connectivity index (χ1v) is 12.3. The summed E-state index contributed by atoms with van der Waals surface area (Å²) in [5.74, 6) is -0.287. The summed E-state index contributed by atoms with van der Waals surface area (Å²) >= 11 is 19.4. The van der Waals surface area contributed by atoms with E-state index in [1.54, 1.807) is 42.5 Å². The summed E-state index contributed by atoms with van der Waals surface area (Å²) in [4.78, 5) is 29.5. The Morgan fingerprint density at radius 1 is 1.03 bits per heavy atom. The number of ether oxygens (including phenoxy) is 1. The Kier molecular flexibility index (Phi) is 8.03. The second-order valence-electron chi connectivity index (χ2n) is 7.47. The van der Waals surface area contributed by atoms with Crippen LogP contribution in [0.1, 0.15) is 11.1 Å². The molecule has 0 unspecified atom stereocenters. The number of aryl methyl sites for hydroxylation is 1. The van der Waals surface area contributed by atoms with Crippen molar-refractivity contribution in [3.63, 3.8) is 0 Å². The highest BCUT2D eigenvalue weighted by molar-refractivity contribution is 8.18. The number of amides is 2. The van der Waals surface area contributed by atoms with Crippen LogP contribution in [0.15, 0.2) is 70.6 Å². The van der Waals surface area contributed by atoms with Crippen molar-refractivity contribution in [3.05, 3.63) is 91.8 Å². The van der Waals surface area contributed by atoms with Crippen molar-refractivity contribution in [1.82, 2.24) is 5.32 Å². The standard InChI is InChI=1S/C25H18Cl3N3O3S/c1-14-2-5-16(6-3-14)30-25-31-24(33)22(35-25)11-15-4-9-21(20(28)10-15)34-13-23(32)29-17-7-8-18(26)19(27)12-17/h2-12H,13H2,1H3,(H,29,32)(H,30,31,33)/b22-11+. The van der Waals surface area contributed by atoms with Crippen molar-refractivity contribution >= 4 is 81.0 Å². The quantitative estimate of drug-likeness (QED) is 0.331. The maximum absolute atomic E-state index is 12.4. The molecule has 6 nitrogen and oxygen atoms in total. The molecule has 1 fully saturated rings. The monoisotopic (exact) mass is 545 g/mol. The molecule has 1 saturated heterocycles. The number of hydrogen-bond acceptors (Lipinski definition) is 5. The van der Waals surface area contributed by atoms with Gasteiger partial charge >= 0.3 is 0 Å². The lowest BCUT2D eigenvalue weighted by Gasteiger charge is -2.10. The summed E-state index contributed by atoms with van der Waals surface area (Å²) in [5, 5.41) is 6.97. The molecule has 2 amide bonds. The van der Waals surface area contributed by atoms with Gasteiger partial charge in [0.25, 0.3) is 11.8 Å². The number of nitrogens with one attached hydrogen (secondary N) is 2. The Morgan fingerprint density at radius 2 is 1.80 bits per heavy atom. The minimum Gasteiger partial charge on any atom is -0.482 e. The van der Waals surface area contributed by atoms with Crippen molar-refractivity contribution in [3.8, 4) is 5.75 Å². The van der Waals surface area contributed by atoms with Gasteiger partial charge in [-0.15, -0.1) is 0 Å². The fourth-order valence-corrected chi connectivity index (χ4v) is 4.39. The van der Waals surface area contributed by atoms with Crippen LogP contribution in [-0.4, -0.2) is 23.6 Å². The normalized spacial score (nSPS) is 15.4. The second kappa shape index (κ2) is 11.2. The van der Waals surface area contributed by atoms with Crippen LogP contribution >= 0.6 is 46.6 Å². The Morgan fingerprint density at radius 3 is 2.51 bits per heavy atom. The maximum Gasteiger partial charge on any atom is 0.264 e. The highest BCUT2D eigenvalue weighted by Crippen LogP contribution is 2.31. The van der Waals surface area contributed by atoms with Crippen LogP contribution in [0.4, 0.5) is 11.4 Å². The predicted octanol–water partition coefficient (Wildman–Crippen LogP) is 6.86. The van der Waals surface area contributed by atoms with Crippen molar-refractivity contribution in [2.24, 2.45) is 4.99 Å². The van der Waals surface area contributed by atoms with Gasteiger partial charge in [0.2, 0.25) is 0 Å². The zero-order valence-electron chi connectivity index (χ0n) is 18.3. The summed E-state index contributed by atoms with van der Waals surface area (Å²) < 4.78 is 5.54. The molecule has 1 aliphatic heterocycles. The Balaban J connectivity index is 1.37. The van der Waals surface area contributed by atoms with E-state index in [-0.39, 0.29) is 18.4 Å². The highest BCUT2D eigenvalue weighted by atomic mass is 35.5. The van der Waals surface area contributed by atoms with E-state index in [0.717, 1.165) is 11.3 Å². The van der Waals surface area contributed by atoms with Crippen molar-refractivity contribution in [2.75, 3.05) is 11.9 Å². The first-order valence-electron chi connectivity index (χ1n) is 10.3. The Hall–Kier alpha value is -2.97. The number of carbonyl (C=O) groups is 2. The fraction of sp³-hybridized carbons (Fsp3) is 0.0800. The molecular formula is C25H18Cl3N3O3S. The average molecular weight is 547 g/mol. The van der Waals surface area contributed by atoms with E-state index in [4.69, 9.17) is 39.5 Å². The molecule has 0 saturated carbocycles. The summed E-state index contributed by atoms with van der Waals surface area (Å²) in [7, 11) is 0. The molecule has 0 atom stereocenters. The van der Waals surface area contributed by atoms with Gasteiger partial charge in [-0.25, -0.2) is 4.99 Å². The van der Waals surface area contributed by atoms with Gasteiger partial charge in [-0.3, -0.25) is 9.59 Å². The van der Waals surface area contributed by atoms with Gasteiger partial charge in [-0.2, -0.15) is 0 Å². The lowest BCUT2D eigenvalue weighted by atomic mass is 10.2. The molecule has 0 aliphatic carbocycles. The van der Waals surface area contributed by atoms with Crippen LogP contribution in [0.3, 0.4) is 0 Å². The van der Waals surface area contributed by atoms with E-state index in [1.165, 1.54) is 11.8 Å². The van der Waals surface area contributed by atoms with Crippen molar-refractivity contribution in [1.29, 1.82) is 0 Å². The molecule has 178 valence electrons. The molecule has 0 radical (unpaired) electrons. The number of carbonyl (C=O) groups excluding carboxylic acids is 2. The zero-order valence-corrected chi connectivity index (χ0v) is 21.4. The molecule has 3 aromatic rings. The Bertz CT molecular complexity index is 1360. The van der Waals surface area contributed by atoms with Gasteiger partial charge in [-0.05, 0) is 72.8 Å². The summed E-state index contributed by atoms with van der Waals surface area (Å²) in [6, 6.07) is 17.5. The first-order chi connectivity index (χ1) is 16.8. The number of aliphatic imine (C=N–C) groups is 1. The smallest absolute Gasteiger partial charge is 0.264 e. The molecular weight excluding hydrogens is 529 g/mol. The first kappa shape index (κ1) is 25.1. The molecule has 4 rings (SSSR count). The number of anilines is 1. The van der Waals surface area contributed by atoms with Crippen LogP contribution in [-0.2, 0) is 9.59 Å².